The Morgan fingerprint density at radius 1 is 1.38 bits per heavy atom. The molecule has 0 unspecified atom stereocenters. The summed E-state index contributed by atoms with van der Waals surface area (Å²) in [7, 11) is 1.63. The van der Waals surface area contributed by atoms with E-state index in [1.807, 2.05) is 50.8 Å². The average molecular weight is 434 g/mol. The van der Waals surface area contributed by atoms with Gasteiger partial charge in [0.2, 0.25) is 10.3 Å². The number of thiocarbonyl (C=S) groups is 1. The predicted molar refractivity (Wildman–Crippen MR) is 108 cm³/mol. The molecule has 0 radical (unpaired) electrons. The van der Waals surface area contributed by atoms with Crippen molar-refractivity contribution in [2.45, 2.75) is 39.8 Å². The zero-order chi connectivity index (χ0) is 18.3. The lowest BCUT2D eigenvalue weighted by atomic mass is 10.0. The van der Waals surface area contributed by atoms with Crippen LogP contribution in [0.25, 0.3) is 0 Å². The molecule has 0 aliphatic carbocycles. The van der Waals surface area contributed by atoms with E-state index in [4.69, 9.17) is 21.7 Å². The highest BCUT2D eigenvalue weighted by Gasteiger charge is 2.27. The van der Waals surface area contributed by atoms with Crippen LogP contribution in [0, 0.1) is 0 Å². The molecule has 0 fully saturated rings. The van der Waals surface area contributed by atoms with E-state index < -0.39 is 0 Å². The van der Waals surface area contributed by atoms with Crippen molar-refractivity contribution in [3.8, 4) is 5.75 Å². The van der Waals surface area contributed by atoms with E-state index in [-0.39, 0.29) is 17.2 Å². The number of nitrogens with zero attached hydrogens (tertiary/aromatic N) is 1. The standard InChI is InChI=1S/C17H24BrNO3S2/c1-6-22-16(23)24-11-15(20)19(17(2,3)4)10-12-7-8-14(21-5)13(18)9-12/h7-9H,6,10-11H2,1-5H3. The van der Waals surface area contributed by atoms with E-state index in [0.717, 1.165) is 15.8 Å². The molecule has 1 rings (SSSR count). The normalized spacial score (nSPS) is 11.1. The minimum absolute atomic E-state index is 0.0292. The maximum Gasteiger partial charge on any atom is 0.233 e. The molecule has 1 aromatic carbocycles. The molecule has 134 valence electrons. The minimum Gasteiger partial charge on any atom is -0.496 e. The van der Waals surface area contributed by atoms with Crippen LogP contribution in [0.1, 0.15) is 33.3 Å². The highest BCUT2D eigenvalue weighted by molar-refractivity contribution is 9.10. The fourth-order valence-electron chi connectivity index (χ4n) is 2.05. The third-order valence-electron chi connectivity index (χ3n) is 3.24. The van der Waals surface area contributed by atoms with Crippen LogP contribution < -0.4 is 4.74 Å². The molecule has 24 heavy (non-hydrogen) atoms. The molecule has 1 amide bonds. The Morgan fingerprint density at radius 3 is 2.54 bits per heavy atom. The van der Waals surface area contributed by atoms with Gasteiger partial charge in [0.25, 0.3) is 0 Å². The van der Waals surface area contributed by atoms with Crippen LogP contribution in [0.2, 0.25) is 0 Å². The van der Waals surface area contributed by atoms with Crippen molar-refractivity contribution >= 4 is 50.2 Å². The summed E-state index contributed by atoms with van der Waals surface area (Å²) in [5.74, 6) is 1.07. The Balaban J connectivity index is 2.84. The number of carbonyl (C=O) groups is 1. The van der Waals surface area contributed by atoms with E-state index in [1.54, 1.807) is 7.11 Å². The number of halogens is 1. The van der Waals surface area contributed by atoms with Gasteiger partial charge >= 0.3 is 0 Å². The lowest BCUT2D eigenvalue weighted by molar-refractivity contribution is -0.133. The molecule has 0 atom stereocenters. The van der Waals surface area contributed by atoms with Gasteiger partial charge in [-0.05, 0) is 73.5 Å². The van der Waals surface area contributed by atoms with Crippen LogP contribution in [0.3, 0.4) is 0 Å². The highest BCUT2D eigenvalue weighted by atomic mass is 79.9. The van der Waals surface area contributed by atoms with Crippen molar-refractivity contribution in [2.75, 3.05) is 19.5 Å². The Labute approximate surface area is 162 Å². The molecular weight excluding hydrogens is 410 g/mol. The highest BCUT2D eigenvalue weighted by Crippen LogP contribution is 2.27. The molecule has 0 saturated carbocycles. The number of thioether (sulfide) groups is 1. The smallest absolute Gasteiger partial charge is 0.233 e. The number of hydrogen-bond acceptors (Lipinski definition) is 5. The zero-order valence-corrected chi connectivity index (χ0v) is 17.9. The number of ether oxygens (including phenoxy) is 2. The molecule has 1 aromatic rings. The first kappa shape index (κ1) is 21.3. The van der Waals surface area contributed by atoms with Crippen molar-refractivity contribution in [2.24, 2.45) is 0 Å². The van der Waals surface area contributed by atoms with Gasteiger partial charge in [0.05, 0.1) is 23.9 Å². The van der Waals surface area contributed by atoms with Gasteiger partial charge in [-0.15, -0.1) is 0 Å². The monoisotopic (exact) mass is 433 g/mol. The molecule has 0 spiro atoms. The van der Waals surface area contributed by atoms with Crippen molar-refractivity contribution < 1.29 is 14.3 Å². The third-order valence-corrected chi connectivity index (χ3v) is 5.08. The Bertz CT molecular complexity index is 588. The number of benzene rings is 1. The molecule has 0 aliphatic rings. The number of rotatable bonds is 6. The number of methoxy groups -OCH3 is 1. The maximum absolute atomic E-state index is 12.7. The van der Waals surface area contributed by atoms with Crippen LogP contribution in [0.4, 0.5) is 0 Å². The van der Waals surface area contributed by atoms with E-state index in [0.29, 0.717) is 17.5 Å². The number of carbonyl (C=O) groups excluding carboxylic acids is 1. The van der Waals surface area contributed by atoms with Gasteiger partial charge in [-0.3, -0.25) is 4.79 Å². The van der Waals surface area contributed by atoms with Crippen LogP contribution in [-0.2, 0) is 16.1 Å². The van der Waals surface area contributed by atoms with Crippen molar-refractivity contribution in [1.29, 1.82) is 0 Å². The van der Waals surface area contributed by atoms with E-state index >= 15 is 0 Å². The van der Waals surface area contributed by atoms with Crippen molar-refractivity contribution in [3.05, 3.63) is 28.2 Å². The third kappa shape index (κ3) is 6.61. The minimum atomic E-state index is -0.294. The van der Waals surface area contributed by atoms with Crippen LogP contribution >= 0.6 is 39.9 Å². The van der Waals surface area contributed by atoms with Gasteiger partial charge in [-0.25, -0.2) is 0 Å². The predicted octanol–water partition coefficient (Wildman–Crippen LogP) is 4.64. The summed E-state index contributed by atoms with van der Waals surface area (Å²) < 4.78 is 11.7. The molecule has 0 heterocycles. The molecule has 0 aliphatic heterocycles. The van der Waals surface area contributed by atoms with Crippen LogP contribution in [0.15, 0.2) is 22.7 Å². The van der Waals surface area contributed by atoms with Gasteiger partial charge in [0, 0.05) is 12.1 Å². The maximum atomic E-state index is 12.7. The van der Waals surface area contributed by atoms with Crippen molar-refractivity contribution in [3.63, 3.8) is 0 Å². The van der Waals surface area contributed by atoms with E-state index in [9.17, 15) is 4.79 Å². The van der Waals surface area contributed by atoms with E-state index in [1.165, 1.54) is 11.8 Å². The van der Waals surface area contributed by atoms with Crippen molar-refractivity contribution in [1.82, 2.24) is 4.90 Å². The average Bonchev–Trinajstić information content (AvgIpc) is 2.49. The molecule has 0 saturated heterocycles. The zero-order valence-electron chi connectivity index (χ0n) is 14.7. The first-order valence-corrected chi connectivity index (χ1v) is 9.80. The first-order chi connectivity index (χ1) is 11.2. The summed E-state index contributed by atoms with van der Waals surface area (Å²) in [5.41, 5.74) is 0.737. The molecule has 4 nitrogen and oxygen atoms in total. The molecular formula is C17H24BrNO3S2. The fraction of sp³-hybridized carbons (Fsp3) is 0.529. The topological polar surface area (TPSA) is 38.8 Å². The second-order valence-corrected chi connectivity index (χ2v) is 8.52. The van der Waals surface area contributed by atoms with Gasteiger partial charge < -0.3 is 14.4 Å². The summed E-state index contributed by atoms with van der Waals surface area (Å²) in [6, 6.07) is 5.83. The molecule has 0 aromatic heterocycles. The van der Waals surface area contributed by atoms with Gasteiger partial charge in [-0.2, -0.15) is 0 Å². The SMILES string of the molecule is CCOC(=S)SCC(=O)N(Cc1ccc(OC)c(Br)c1)C(C)(C)C. The Hall–Kier alpha value is -0.790. The Kier molecular flexibility index (Phi) is 8.53. The number of hydrogen-bond donors (Lipinski definition) is 0. The largest absolute Gasteiger partial charge is 0.496 e. The summed E-state index contributed by atoms with van der Waals surface area (Å²) in [6.07, 6.45) is 0. The second kappa shape index (κ2) is 9.63. The molecule has 0 N–H and O–H groups in total. The summed E-state index contributed by atoms with van der Waals surface area (Å²) in [5, 5.41) is 0. The van der Waals surface area contributed by atoms with Crippen LogP contribution in [0.5, 0.6) is 5.75 Å². The lowest BCUT2D eigenvalue weighted by Crippen LogP contribution is -2.46. The fourth-order valence-corrected chi connectivity index (χ4v) is 3.53. The van der Waals surface area contributed by atoms with E-state index in [2.05, 4.69) is 15.9 Å². The second-order valence-electron chi connectivity index (χ2n) is 6.09. The molecule has 0 bridgehead atoms. The number of amides is 1. The Morgan fingerprint density at radius 2 is 2.04 bits per heavy atom. The summed E-state index contributed by atoms with van der Waals surface area (Å²) >= 11 is 9.82. The quantitative estimate of drug-likeness (QED) is 0.610. The van der Waals surface area contributed by atoms with Gasteiger partial charge in [0.1, 0.15) is 5.75 Å². The summed E-state index contributed by atoms with van der Waals surface area (Å²) in [6.45, 7) is 8.98. The van der Waals surface area contributed by atoms with Gasteiger partial charge in [-0.1, -0.05) is 17.8 Å². The lowest BCUT2D eigenvalue weighted by Gasteiger charge is -2.36. The van der Waals surface area contributed by atoms with Gasteiger partial charge in [0.15, 0.2) is 0 Å². The molecule has 7 heteroatoms. The van der Waals surface area contributed by atoms with Crippen LogP contribution in [-0.4, -0.2) is 40.2 Å². The first-order valence-electron chi connectivity index (χ1n) is 7.61. The summed E-state index contributed by atoms with van der Waals surface area (Å²) in [4.78, 5) is 14.5.